The van der Waals surface area contributed by atoms with Crippen LogP contribution in [0.15, 0.2) is 29.3 Å². The van der Waals surface area contributed by atoms with Gasteiger partial charge in [-0.3, -0.25) is 4.79 Å². The number of aryl methyl sites for hydroxylation is 3. The summed E-state index contributed by atoms with van der Waals surface area (Å²) in [5, 5.41) is 5.66. The number of hydrogen-bond donors (Lipinski definition) is 1. The van der Waals surface area contributed by atoms with Gasteiger partial charge in [-0.2, -0.15) is 0 Å². The molecule has 4 nitrogen and oxygen atoms in total. The zero-order chi connectivity index (χ0) is 18.8. The fourth-order valence-electron chi connectivity index (χ4n) is 2.67. The van der Waals surface area contributed by atoms with Gasteiger partial charge in [0.1, 0.15) is 15.7 Å². The summed E-state index contributed by atoms with van der Waals surface area (Å²) in [6, 6.07) is 7.44. The van der Waals surface area contributed by atoms with E-state index in [9.17, 15) is 4.79 Å². The summed E-state index contributed by atoms with van der Waals surface area (Å²) in [7, 11) is 0. The molecule has 0 saturated carbocycles. The zero-order valence-electron chi connectivity index (χ0n) is 15.1. The van der Waals surface area contributed by atoms with Gasteiger partial charge in [0.2, 0.25) is 5.91 Å². The minimum absolute atomic E-state index is 0.0218. The minimum atomic E-state index is -0.0716. The van der Waals surface area contributed by atoms with Gasteiger partial charge in [-0.15, -0.1) is 11.3 Å². The van der Waals surface area contributed by atoms with Crippen molar-refractivity contribution >= 4 is 50.8 Å². The van der Waals surface area contributed by atoms with Gasteiger partial charge in [0.05, 0.1) is 11.8 Å². The van der Waals surface area contributed by atoms with Crippen LogP contribution in [0.4, 0.5) is 0 Å². The lowest BCUT2D eigenvalue weighted by Gasteiger charge is -2.14. The molecule has 0 radical (unpaired) electrons. The Balaban J connectivity index is 1.70. The SMILES string of the molecule is Cc1nc(SCC(=O)NC(C)c2ccc(Cl)cc2)c2c(C)c(C)sc2n1. The molecule has 1 N–H and O–H groups in total. The molecule has 1 unspecified atom stereocenters. The van der Waals surface area contributed by atoms with E-state index in [1.165, 1.54) is 22.2 Å². The Labute approximate surface area is 166 Å². The highest BCUT2D eigenvalue weighted by atomic mass is 35.5. The molecule has 0 aliphatic carbocycles. The molecule has 0 aliphatic heterocycles. The molecule has 0 spiro atoms. The molecular formula is C19H20ClN3OS2. The second-order valence-electron chi connectivity index (χ2n) is 6.17. The van der Waals surface area contributed by atoms with Gasteiger partial charge in [-0.25, -0.2) is 9.97 Å². The number of aromatic nitrogens is 2. The molecule has 2 aromatic heterocycles. The predicted molar refractivity (Wildman–Crippen MR) is 110 cm³/mol. The average molecular weight is 406 g/mol. The molecule has 0 saturated heterocycles. The lowest BCUT2D eigenvalue weighted by atomic mass is 10.1. The molecule has 0 fully saturated rings. The fourth-order valence-corrected chi connectivity index (χ4v) is 4.88. The number of halogens is 1. The van der Waals surface area contributed by atoms with Crippen molar-refractivity contribution < 1.29 is 4.79 Å². The number of carbonyl (C=O) groups is 1. The molecule has 1 atom stereocenters. The third-order valence-corrected chi connectivity index (χ3v) is 6.52. The Kier molecular flexibility index (Phi) is 5.85. The number of amides is 1. The van der Waals surface area contributed by atoms with E-state index in [4.69, 9.17) is 11.6 Å². The van der Waals surface area contributed by atoms with Crippen LogP contribution in [0, 0.1) is 20.8 Å². The van der Waals surface area contributed by atoms with E-state index in [2.05, 4.69) is 29.1 Å². The highest BCUT2D eigenvalue weighted by molar-refractivity contribution is 8.00. The van der Waals surface area contributed by atoms with Gasteiger partial charge in [-0.05, 0) is 51.0 Å². The molecule has 1 aromatic carbocycles. The summed E-state index contributed by atoms with van der Waals surface area (Å²) in [5.41, 5.74) is 2.22. The van der Waals surface area contributed by atoms with Crippen molar-refractivity contribution in [2.75, 3.05) is 5.75 Å². The molecule has 7 heteroatoms. The number of benzene rings is 1. The van der Waals surface area contributed by atoms with E-state index in [0.29, 0.717) is 10.8 Å². The van der Waals surface area contributed by atoms with Crippen LogP contribution in [0.5, 0.6) is 0 Å². The van der Waals surface area contributed by atoms with Gasteiger partial charge < -0.3 is 5.32 Å². The molecule has 1 amide bonds. The Hall–Kier alpha value is -1.63. The number of nitrogens with zero attached hydrogens (tertiary/aromatic N) is 2. The first-order valence-electron chi connectivity index (χ1n) is 8.27. The molecule has 26 heavy (non-hydrogen) atoms. The Morgan fingerprint density at radius 1 is 1.23 bits per heavy atom. The van der Waals surface area contributed by atoms with Crippen LogP contribution < -0.4 is 5.32 Å². The first kappa shape index (κ1) is 19.1. The summed E-state index contributed by atoms with van der Waals surface area (Å²) in [6.45, 7) is 8.02. The largest absolute Gasteiger partial charge is 0.349 e. The van der Waals surface area contributed by atoms with Crippen molar-refractivity contribution in [2.24, 2.45) is 0 Å². The summed E-state index contributed by atoms with van der Waals surface area (Å²) in [6.07, 6.45) is 0. The molecule has 0 aliphatic rings. The van der Waals surface area contributed by atoms with Gasteiger partial charge in [0.25, 0.3) is 0 Å². The maximum atomic E-state index is 12.4. The topological polar surface area (TPSA) is 54.9 Å². The molecule has 2 heterocycles. The Morgan fingerprint density at radius 3 is 2.62 bits per heavy atom. The van der Waals surface area contributed by atoms with E-state index in [1.807, 2.05) is 38.1 Å². The number of fused-ring (bicyclic) bond motifs is 1. The number of hydrogen-bond acceptors (Lipinski definition) is 5. The minimum Gasteiger partial charge on any atom is -0.349 e. The van der Waals surface area contributed by atoms with Crippen molar-refractivity contribution in [1.29, 1.82) is 0 Å². The van der Waals surface area contributed by atoms with Crippen LogP contribution in [0.1, 0.15) is 34.8 Å². The van der Waals surface area contributed by atoms with Crippen molar-refractivity contribution in [3.63, 3.8) is 0 Å². The van der Waals surface area contributed by atoms with Crippen LogP contribution in [0.2, 0.25) is 5.02 Å². The summed E-state index contributed by atoms with van der Waals surface area (Å²) in [5.74, 6) is 1.03. The van der Waals surface area contributed by atoms with E-state index >= 15 is 0 Å². The van der Waals surface area contributed by atoms with Crippen LogP contribution in [0.3, 0.4) is 0 Å². The lowest BCUT2D eigenvalue weighted by molar-refractivity contribution is -0.119. The molecule has 0 bridgehead atoms. The van der Waals surface area contributed by atoms with Crippen molar-refractivity contribution in [2.45, 2.75) is 38.8 Å². The van der Waals surface area contributed by atoms with E-state index in [1.54, 1.807) is 11.3 Å². The van der Waals surface area contributed by atoms with E-state index < -0.39 is 0 Å². The number of thioether (sulfide) groups is 1. The van der Waals surface area contributed by atoms with Gasteiger partial charge in [-0.1, -0.05) is 35.5 Å². The molecule has 136 valence electrons. The average Bonchev–Trinajstić information content (AvgIpc) is 2.87. The number of rotatable bonds is 5. The Morgan fingerprint density at radius 2 is 1.92 bits per heavy atom. The molecular weight excluding hydrogens is 386 g/mol. The van der Waals surface area contributed by atoms with E-state index in [-0.39, 0.29) is 11.9 Å². The second kappa shape index (κ2) is 7.94. The first-order chi connectivity index (χ1) is 12.3. The highest BCUT2D eigenvalue weighted by Gasteiger charge is 2.16. The van der Waals surface area contributed by atoms with Crippen LogP contribution in [-0.2, 0) is 4.79 Å². The normalized spacial score (nSPS) is 12.3. The smallest absolute Gasteiger partial charge is 0.230 e. The lowest BCUT2D eigenvalue weighted by Crippen LogP contribution is -2.28. The fraction of sp³-hybridized carbons (Fsp3) is 0.316. The van der Waals surface area contributed by atoms with Crippen LogP contribution >= 0.6 is 34.7 Å². The summed E-state index contributed by atoms with van der Waals surface area (Å²) in [4.78, 5) is 23.7. The Bertz CT molecular complexity index is 954. The molecule has 3 aromatic rings. The van der Waals surface area contributed by atoms with Gasteiger partial charge in [0, 0.05) is 15.3 Å². The first-order valence-corrected chi connectivity index (χ1v) is 10.4. The van der Waals surface area contributed by atoms with Crippen molar-refractivity contribution in [3.8, 4) is 0 Å². The standard InChI is InChI=1S/C19H20ClN3OS2/c1-10-12(3)26-19-17(10)18(22-13(4)23-19)25-9-16(24)21-11(2)14-5-7-15(20)8-6-14/h5-8,11H,9H2,1-4H3,(H,21,24). The van der Waals surface area contributed by atoms with Crippen molar-refractivity contribution in [3.05, 3.63) is 51.1 Å². The second-order valence-corrected chi connectivity index (χ2v) is 8.77. The predicted octanol–water partition coefficient (Wildman–Crippen LogP) is 5.24. The van der Waals surface area contributed by atoms with E-state index in [0.717, 1.165) is 26.6 Å². The third kappa shape index (κ3) is 4.19. The number of carbonyl (C=O) groups excluding carboxylic acids is 1. The number of nitrogens with one attached hydrogen (secondary N) is 1. The quantitative estimate of drug-likeness (QED) is 0.465. The van der Waals surface area contributed by atoms with Gasteiger partial charge >= 0.3 is 0 Å². The summed E-state index contributed by atoms with van der Waals surface area (Å²) >= 11 is 9.05. The van der Waals surface area contributed by atoms with Crippen LogP contribution in [-0.4, -0.2) is 21.6 Å². The van der Waals surface area contributed by atoms with Gasteiger partial charge in [0.15, 0.2) is 0 Å². The third-order valence-electron chi connectivity index (χ3n) is 4.19. The van der Waals surface area contributed by atoms with Crippen LogP contribution in [0.25, 0.3) is 10.2 Å². The monoisotopic (exact) mass is 405 g/mol. The molecule has 3 rings (SSSR count). The maximum Gasteiger partial charge on any atom is 0.230 e. The highest BCUT2D eigenvalue weighted by Crippen LogP contribution is 2.35. The maximum absolute atomic E-state index is 12.4. The summed E-state index contributed by atoms with van der Waals surface area (Å²) < 4.78 is 0. The number of thiophene rings is 1. The zero-order valence-corrected chi connectivity index (χ0v) is 17.5. The van der Waals surface area contributed by atoms with Crippen molar-refractivity contribution in [1.82, 2.24) is 15.3 Å².